The Labute approximate surface area is 202 Å². The average molecular weight is 507 g/mol. The van der Waals surface area contributed by atoms with Crippen molar-refractivity contribution in [1.82, 2.24) is 9.55 Å². The lowest BCUT2D eigenvalue weighted by atomic mass is 9.92. The van der Waals surface area contributed by atoms with Crippen LogP contribution >= 0.6 is 0 Å². The van der Waals surface area contributed by atoms with Gasteiger partial charge in [-0.15, -0.1) is 0 Å². The highest BCUT2D eigenvalue weighted by Crippen LogP contribution is 2.38. The van der Waals surface area contributed by atoms with Gasteiger partial charge in [0.05, 0.1) is 24.1 Å². The van der Waals surface area contributed by atoms with Crippen LogP contribution in [0.2, 0.25) is 0 Å². The number of rotatable bonds is 2. The van der Waals surface area contributed by atoms with Crippen LogP contribution < -0.4 is 10.6 Å². The SMILES string of the molecule is CC(C)(C#Cc1cccc2c1COCCN2c1nc(=O)n(C(O)(O)O)c2cccc(F)c12)C(F)(F)F. The Morgan fingerprint density at radius 2 is 1.78 bits per heavy atom. The van der Waals surface area contributed by atoms with E-state index in [9.17, 15) is 33.3 Å². The van der Waals surface area contributed by atoms with E-state index >= 15 is 4.39 Å². The molecule has 0 amide bonds. The van der Waals surface area contributed by atoms with Crippen molar-refractivity contribution in [3.63, 3.8) is 0 Å². The molecule has 3 N–H and O–H groups in total. The lowest BCUT2D eigenvalue weighted by molar-refractivity contribution is -0.374. The van der Waals surface area contributed by atoms with E-state index in [2.05, 4.69) is 16.8 Å². The predicted molar refractivity (Wildman–Crippen MR) is 120 cm³/mol. The first-order valence-corrected chi connectivity index (χ1v) is 10.7. The molecular weight excluding hydrogens is 486 g/mol. The maximum atomic E-state index is 15.0. The van der Waals surface area contributed by atoms with Gasteiger partial charge in [-0.25, -0.2) is 13.8 Å². The molecule has 190 valence electrons. The number of aliphatic hydroxyl groups is 3. The Morgan fingerprint density at radius 3 is 2.44 bits per heavy atom. The number of anilines is 2. The molecule has 1 aromatic heterocycles. The van der Waals surface area contributed by atoms with Gasteiger partial charge in [0.2, 0.25) is 0 Å². The summed E-state index contributed by atoms with van der Waals surface area (Å²) in [5.41, 5.74) is -2.91. The first-order chi connectivity index (χ1) is 16.7. The summed E-state index contributed by atoms with van der Waals surface area (Å²) >= 11 is 0. The Kier molecular flexibility index (Phi) is 6.30. The van der Waals surface area contributed by atoms with Gasteiger partial charge >= 0.3 is 18.0 Å². The van der Waals surface area contributed by atoms with Crippen LogP contribution in [0.1, 0.15) is 25.0 Å². The molecule has 8 nitrogen and oxygen atoms in total. The van der Waals surface area contributed by atoms with Crippen molar-refractivity contribution in [3.8, 4) is 11.8 Å². The maximum Gasteiger partial charge on any atom is 0.404 e. The summed E-state index contributed by atoms with van der Waals surface area (Å²) < 4.78 is 60.7. The molecule has 2 aromatic carbocycles. The standard InChI is InChI=1S/C24H21F4N3O5/c1-22(2,23(26,27)28)10-9-14-5-3-7-17-15(14)13-36-12-11-30(17)20-19-16(25)6-4-8-18(19)31(21(32)29-20)24(33,34)35/h3-8,33-35H,11-13H2,1-2H3. The summed E-state index contributed by atoms with van der Waals surface area (Å²) in [5, 5.41) is 28.7. The van der Waals surface area contributed by atoms with Crippen molar-refractivity contribution in [1.29, 1.82) is 0 Å². The minimum Gasteiger partial charge on any atom is -0.375 e. The zero-order valence-electron chi connectivity index (χ0n) is 19.1. The van der Waals surface area contributed by atoms with E-state index in [1.165, 1.54) is 23.1 Å². The molecule has 1 aliphatic rings. The van der Waals surface area contributed by atoms with E-state index in [0.29, 0.717) is 11.3 Å². The molecule has 12 heteroatoms. The fourth-order valence-corrected chi connectivity index (χ4v) is 3.77. The van der Waals surface area contributed by atoms with Crippen LogP contribution in [0.25, 0.3) is 10.9 Å². The molecule has 0 bridgehead atoms. The molecule has 0 unspecified atom stereocenters. The lowest BCUT2D eigenvalue weighted by Crippen LogP contribution is -2.43. The fourth-order valence-electron chi connectivity index (χ4n) is 3.77. The van der Waals surface area contributed by atoms with E-state index in [-0.39, 0.29) is 46.6 Å². The predicted octanol–water partition coefficient (Wildman–Crippen LogP) is 2.69. The molecule has 0 fully saturated rings. The van der Waals surface area contributed by atoms with Gasteiger partial charge in [0.25, 0.3) is 0 Å². The summed E-state index contributed by atoms with van der Waals surface area (Å²) in [6, 6.07) is 8.12. The molecule has 0 saturated carbocycles. The number of nitrogens with zero attached hydrogens (tertiary/aromatic N) is 3. The van der Waals surface area contributed by atoms with Gasteiger partial charge in [0, 0.05) is 23.4 Å². The average Bonchev–Trinajstić information content (AvgIpc) is 2.98. The van der Waals surface area contributed by atoms with Crippen LogP contribution in [-0.2, 0) is 17.4 Å². The number of aromatic nitrogens is 2. The van der Waals surface area contributed by atoms with Gasteiger partial charge in [-0.1, -0.05) is 24.0 Å². The Bertz CT molecular complexity index is 1450. The van der Waals surface area contributed by atoms with Crippen molar-refractivity contribution < 1.29 is 37.6 Å². The molecule has 1 aliphatic heterocycles. The molecule has 3 aromatic rings. The molecule has 0 aliphatic carbocycles. The Morgan fingerprint density at radius 1 is 1.08 bits per heavy atom. The van der Waals surface area contributed by atoms with E-state index in [1.807, 2.05) is 0 Å². The summed E-state index contributed by atoms with van der Waals surface area (Å²) in [7, 11) is 0. The van der Waals surface area contributed by atoms with Gasteiger partial charge in [0.1, 0.15) is 11.2 Å². The zero-order valence-corrected chi connectivity index (χ0v) is 19.1. The molecule has 0 saturated heterocycles. The summed E-state index contributed by atoms with van der Waals surface area (Å²) in [6.45, 7) is 2.05. The highest BCUT2D eigenvalue weighted by Gasteiger charge is 2.46. The largest absolute Gasteiger partial charge is 0.404 e. The third kappa shape index (κ3) is 4.54. The van der Waals surface area contributed by atoms with Crippen LogP contribution in [0.5, 0.6) is 0 Å². The highest BCUT2D eigenvalue weighted by molar-refractivity contribution is 5.93. The fraction of sp³-hybridized carbons (Fsp3) is 0.333. The molecule has 2 heterocycles. The van der Waals surface area contributed by atoms with E-state index in [0.717, 1.165) is 19.9 Å². The van der Waals surface area contributed by atoms with Crippen LogP contribution in [0.4, 0.5) is 29.1 Å². The highest BCUT2D eigenvalue weighted by atomic mass is 19.4. The van der Waals surface area contributed by atoms with Crippen LogP contribution in [0.15, 0.2) is 41.2 Å². The monoisotopic (exact) mass is 507 g/mol. The molecular formula is C24H21F4N3O5. The number of hydrogen-bond acceptors (Lipinski definition) is 7. The molecule has 4 rings (SSSR count). The number of hydrogen-bond donors (Lipinski definition) is 3. The third-order valence-corrected chi connectivity index (χ3v) is 5.77. The second-order valence-electron chi connectivity index (χ2n) is 8.67. The summed E-state index contributed by atoms with van der Waals surface area (Å²) in [4.78, 5) is 17.9. The molecule has 36 heavy (non-hydrogen) atoms. The van der Waals surface area contributed by atoms with Gasteiger partial charge in [-0.3, -0.25) is 0 Å². The molecule has 0 atom stereocenters. The van der Waals surface area contributed by atoms with Crippen molar-refractivity contribution in [3.05, 3.63) is 63.8 Å². The van der Waals surface area contributed by atoms with Gasteiger partial charge in [-0.2, -0.15) is 18.2 Å². The van der Waals surface area contributed by atoms with Crippen LogP contribution in [-0.4, -0.2) is 44.2 Å². The van der Waals surface area contributed by atoms with Crippen molar-refractivity contribution in [2.24, 2.45) is 5.41 Å². The maximum absolute atomic E-state index is 15.0. The normalized spacial score (nSPS) is 14.8. The zero-order chi connectivity index (χ0) is 26.5. The van der Waals surface area contributed by atoms with Gasteiger partial charge < -0.3 is 25.0 Å². The lowest BCUT2D eigenvalue weighted by Gasteiger charge is -2.27. The first-order valence-electron chi connectivity index (χ1n) is 10.7. The van der Waals surface area contributed by atoms with E-state index < -0.39 is 29.2 Å². The van der Waals surface area contributed by atoms with Crippen LogP contribution in [0, 0.1) is 23.1 Å². The smallest absolute Gasteiger partial charge is 0.375 e. The number of ether oxygens (including phenoxy) is 1. The van der Waals surface area contributed by atoms with Crippen molar-refractivity contribution in [2.75, 3.05) is 18.1 Å². The molecule has 0 radical (unpaired) electrons. The third-order valence-electron chi connectivity index (χ3n) is 5.77. The quantitative estimate of drug-likeness (QED) is 0.278. The minimum atomic E-state index is -4.56. The first kappa shape index (κ1) is 25.6. The number of benzene rings is 2. The molecule has 0 spiro atoms. The van der Waals surface area contributed by atoms with E-state index in [1.54, 1.807) is 12.1 Å². The van der Waals surface area contributed by atoms with Crippen molar-refractivity contribution in [2.45, 2.75) is 32.7 Å². The minimum absolute atomic E-state index is 0.0202. The Hall–Kier alpha value is -3.50. The topological polar surface area (TPSA) is 108 Å². The Balaban J connectivity index is 1.95. The number of fused-ring (bicyclic) bond motifs is 2. The van der Waals surface area contributed by atoms with Gasteiger partial charge in [0.15, 0.2) is 5.82 Å². The second kappa shape index (κ2) is 8.86. The van der Waals surface area contributed by atoms with E-state index in [4.69, 9.17) is 4.74 Å². The summed E-state index contributed by atoms with van der Waals surface area (Å²) in [5.74, 6) is 3.74. The van der Waals surface area contributed by atoms with Crippen LogP contribution in [0.3, 0.4) is 0 Å². The number of halogens is 4. The second-order valence-corrected chi connectivity index (χ2v) is 8.67. The summed E-state index contributed by atoms with van der Waals surface area (Å²) in [6.07, 6.45) is -8.21. The number of alkyl halides is 3. The van der Waals surface area contributed by atoms with Gasteiger partial charge in [-0.05, 0) is 38.1 Å². The van der Waals surface area contributed by atoms with Crippen molar-refractivity contribution >= 4 is 22.4 Å².